The molecule has 2 aliphatic rings. The van der Waals surface area contributed by atoms with Crippen molar-refractivity contribution in [3.63, 3.8) is 0 Å². The van der Waals surface area contributed by atoms with E-state index in [1.54, 1.807) is 0 Å². The van der Waals surface area contributed by atoms with Gasteiger partial charge >= 0.3 is 5.97 Å². The van der Waals surface area contributed by atoms with E-state index in [0.717, 1.165) is 21.9 Å². The second-order valence-corrected chi connectivity index (χ2v) is 9.53. The molecule has 37 heavy (non-hydrogen) atoms. The van der Waals surface area contributed by atoms with Crippen LogP contribution in [0.2, 0.25) is 0 Å². The van der Waals surface area contributed by atoms with Crippen molar-refractivity contribution in [3.8, 4) is 0 Å². The Labute approximate surface area is 215 Å². The molecule has 0 saturated carbocycles. The van der Waals surface area contributed by atoms with Crippen molar-refractivity contribution in [1.29, 1.82) is 0 Å². The van der Waals surface area contributed by atoms with E-state index in [1.807, 2.05) is 91.9 Å². The lowest BCUT2D eigenvalue weighted by atomic mass is 9.66. The van der Waals surface area contributed by atoms with E-state index in [2.05, 4.69) is 24.3 Å². The molecule has 0 bridgehead atoms. The molecule has 5 nitrogen and oxygen atoms in total. The second-order valence-electron chi connectivity index (χ2n) is 9.53. The number of benzene rings is 4. The number of rotatable bonds is 4. The second kappa shape index (κ2) is 8.86. The van der Waals surface area contributed by atoms with Crippen LogP contribution >= 0.6 is 0 Å². The van der Waals surface area contributed by atoms with Crippen LogP contribution in [-0.4, -0.2) is 24.7 Å². The first kappa shape index (κ1) is 22.9. The van der Waals surface area contributed by atoms with Gasteiger partial charge in [0.1, 0.15) is 5.41 Å². The number of anilines is 1. The molecular formula is C32H26N2O3. The molecule has 1 heterocycles. The van der Waals surface area contributed by atoms with Gasteiger partial charge in [0, 0.05) is 17.4 Å². The van der Waals surface area contributed by atoms with Crippen molar-refractivity contribution in [2.75, 3.05) is 12.1 Å². The van der Waals surface area contributed by atoms with Gasteiger partial charge in [0.2, 0.25) is 0 Å². The summed E-state index contributed by atoms with van der Waals surface area (Å²) in [5, 5.41) is 8.39. The number of para-hydroxylation sites is 1. The maximum absolute atomic E-state index is 14.5. The number of hydrogen-bond donors (Lipinski definition) is 0. The van der Waals surface area contributed by atoms with Crippen LogP contribution in [0, 0.1) is 5.41 Å². The summed E-state index contributed by atoms with van der Waals surface area (Å²) in [6.45, 7) is 1.89. The predicted octanol–water partition coefficient (Wildman–Crippen LogP) is 6.23. The molecule has 0 aromatic heterocycles. The number of carbonyl (C=O) groups is 2. The van der Waals surface area contributed by atoms with E-state index in [9.17, 15) is 9.59 Å². The van der Waals surface area contributed by atoms with Gasteiger partial charge < -0.3 is 4.74 Å². The van der Waals surface area contributed by atoms with Gasteiger partial charge in [-0.05, 0) is 41.0 Å². The fourth-order valence-electron chi connectivity index (χ4n) is 6.03. The zero-order valence-corrected chi connectivity index (χ0v) is 20.7. The summed E-state index contributed by atoms with van der Waals surface area (Å²) < 4.78 is 5.27. The summed E-state index contributed by atoms with van der Waals surface area (Å²) in [4.78, 5) is 27.8. The van der Waals surface area contributed by atoms with Crippen LogP contribution in [0.15, 0.2) is 120 Å². The van der Waals surface area contributed by atoms with Crippen molar-refractivity contribution in [2.24, 2.45) is 10.5 Å². The molecule has 6 rings (SSSR count). The smallest absolute Gasteiger partial charge is 0.334 e. The molecular weight excluding hydrogens is 460 g/mol. The van der Waals surface area contributed by atoms with Crippen molar-refractivity contribution in [3.05, 3.63) is 126 Å². The number of methoxy groups -OCH3 is 1. The van der Waals surface area contributed by atoms with Crippen LogP contribution in [-0.2, 0) is 14.3 Å². The lowest BCUT2D eigenvalue weighted by Gasteiger charge is -2.34. The van der Waals surface area contributed by atoms with Gasteiger partial charge in [-0.1, -0.05) is 97.1 Å². The van der Waals surface area contributed by atoms with E-state index in [0.29, 0.717) is 17.0 Å². The van der Waals surface area contributed by atoms with Gasteiger partial charge in [0.25, 0.3) is 5.91 Å². The van der Waals surface area contributed by atoms with E-state index in [4.69, 9.17) is 9.84 Å². The summed E-state index contributed by atoms with van der Waals surface area (Å²) >= 11 is 0. The molecule has 1 amide bonds. The Hall–Kier alpha value is -4.51. The Kier molecular flexibility index (Phi) is 5.49. The quantitative estimate of drug-likeness (QED) is 0.321. The minimum Gasteiger partial charge on any atom is -0.466 e. The summed E-state index contributed by atoms with van der Waals surface area (Å²) in [5.74, 6) is -1.41. The lowest BCUT2D eigenvalue weighted by Crippen LogP contribution is -2.42. The monoisotopic (exact) mass is 486 g/mol. The standard InChI is InChI=1S/C32H26N2O3/c1-21-32(31(36)34(33-21)24-16-7-4-8-17-24)20-27(30(35)37-2)28(23-13-5-3-6-14-23)29(32)26-19-11-15-22-12-9-10-18-25(22)26/h3-20,28-29H,1-2H3/t28-,29+,32+/m0/s1. The van der Waals surface area contributed by atoms with E-state index in [-0.39, 0.29) is 5.91 Å². The molecule has 0 saturated heterocycles. The van der Waals surface area contributed by atoms with Crippen molar-refractivity contribution in [1.82, 2.24) is 0 Å². The summed E-state index contributed by atoms with van der Waals surface area (Å²) in [6, 6.07) is 33.7. The van der Waals surface area contributed by atoms with Crippen molar-refractivity contribution in [2.45, 2.75) is 18.8 Å². The number of hydrazone groups is 1. The third kappa shape index (κ3) is 3.42. The normalized spacial score (nSPS) is 22.9. The number of ether oxygens (including phenoxy) is 1. The number of hydrogen-bond acceptors (Lipinski definition) is 4. The van der Waals surface area contributed by atoms with Gasteiger partial charge in [-0.15, -0.1) is 0 Å². The Balaban J connectivity index is 1.65. The molecule has 0 unspecified atom stereocenters. The topological polar surface area (TPSA) is 59.0 Å². The van der Waals surface area contributed by atoms with Crippen LogP contribution in [0.5, 0.6) is 0 Å². The minimum absolute atomic E-state index is 0.172. The lowest BCUT2D eigenvalue weighted by molar-refractivity contribution is -0.136. The van der Waals surface area contributed by atoms with Gasteiger partial charge in [-0.25, -0.2) is 4.79 Å². The molecule has 1 spiro atoms. The van der Waals surface area contributed by atoms with E-state index >= 15 is 0 Å². The Morgan fingerprint density at radius 3 is 2.24 bits per heavy atom. The first-order chi connectivity index (χ1) is 18.1. The van der Waals surface area contributed by atoms with Gasteiger partial charge in [-0.3, -0.25) is 4.79 Å². The van der Waals surface area contributed by atoms with E-state index < -0.39 is 23.2 Å². The first-order valence-corrected chi connectivity index (χ1v) is 12.3. The molecule has 0 fully saturated rings. The Morgan fingerprint density at radius 1 is 0.865 bits per heavy atom. The molecule has 4 aromatic carbocycles. The molecule has 5 heteroatoms. The molecule has 0 radical (unpaired) electrons. The molecule has 1 aliphatic carbocycles. The number of nitrogens with zero attached hydrogens (tertiary/aromatic N) is 2. The maximum atomic E-state index is 14.5. The maximum Gasteiger partial charge on any atom is 0.334 e. The van der Waals surface area contributed by atoms with Crippen molar-refractivity contribution >= 4 is 34.0 Å². The van der Waals surface area contributed by atoms with Gasteiger partial charge in [0.05, 0.1) is 18.5 Å². The van der Waals surface area contributed by atoms with Crippen LogP contribution in [0.25, 0.3) is 10.8 Å². The van der Waals surface area contributed by atoms with Crippen LogP contribution in [0.1, 0.15) is 29.9 Å². The van der Waals surface area contributed by atoms with Gasteiger partial charge in [0.15, 0.2) is 0 Å². The number of amides is 1. The number of fused-ring (bicyclic) bond motifs is 1. The molecule has 4 aromatic rings. The molecule has 0 N–H and O–H groups in total. The van der Waals surface area contributed by atoms with E-state index in [1.165, 1.54) is 12.1 Å². The fraction of sp³-hybridized carbons (Fsp3) is 0.156. The first-order valence-electron chi connectivity index (χ1n) is 12.3. The largest absolute Gasteiger partial charge is 0.466 e. The molecule has 1 aliphatic heterocycles. The highest BCUT2D eigenvalue weighted by Crippen LogP contribution is 2.60. The zero-order valence-electron chi connectivity index (χ0n) is 20.7. The number of carbonyl (C=O) groups excluding carboxylic acids is 2. The zero-order chi connectivity index (χ0) is 25.6. The SMILES string of the molecule is COC(=O)C1=C[C@]2(C(=O)N(c3ccccc3)N=C2C)[C@H](c2cccc3ccccc23)[C@H]1c1ccccc1. The summed E-state index contributed by atoms with van der Waals surface area (Å²) in [5.41, 5.74) is 2.62. The van der Waals surface area contributed by atoms with Crippen LogP contribution in [0.3, 0.4) is 0 Å². The average molecular weight is 487 g/mol. The van der Waals surface area contributed by atoms with Crippen LogP contribution < -0.4 is 5.01 Å². The minimum atomic E-state index is -1.15. The third-order valence-electron chi connectivity index (χ3n) is 7.68. The highest BCUT2D eigenvalue weighted by Gasteiger charge is 2.61. The molecule has 182 valence electrons. The molecule has 3 atom stereocenters. The number of esters is 1. The average Bonchev–Trinajstić information content (AvgIpc) is 3.44. The van der Waals surface area contributed by atoms with Crippen molar-refractivity contribution < 1.29 is 14.3 Å². The Bertz CT molecular complexity index is 1570. The van der Waals surface area contributed by atoms with Crippen LogP contribution in [0.4, 0.5) is 5.69 Å². The summed E-state index contributed by atoms with van der Waals surface area (Å²) in [6.07, 6.45) is 1.83. The summed E-state index contributed by atoms with van der Waals surface area (Å²) in [7, 11) is 1.39. The third-order valence-corrected chi connectivity index (χ3v) is 7.68. The Morgan fingerprint density at radius 2 is 1.51 bits per heavy atom. The fourth-order valence-corrected chi connectivity index (χ4v) is 6.03. The predicted molar refractivity (Wildman–Crippen MR) is 145 cm³/mol. The van der Waals surface area contributed by atoms with Gasteiger partial charge in [-0.2, -0.15) is 10.1 Å². The highest BCUT2D eigenvalue weighted by molar-refractivity contribution is 6.22. The highest BCUT2D eigenvalue weighted by atomic mass is 16.5.